The normalized spacial score (nSPS) is 10.3. The fraction of sp³-hybridized carbons (Fsp3) is 0.300. The molecule has 0 aliphatic rings. The summed E-state index contributed by atoms with van der Waals surface area (Å²) in [5, 5.41) is 0. The first-order chi connectivity index (χ1) is 11.5. The third-order valence-electron chi connectivity index (χ3n) is 4.02. The zero-order valence-electron chi connectivity index (χ0n) is 14.5. The van der Waals surface area contributed by atoms with Crippen molar-refractivity contribution in [3.63, 3.8) is 0 Å². The van der Waals surface area contributed by atoms with Crippen LogP contribution in [0.15, 0.2) is 54.6 Å². The molecule has 0 radical (unpaired) electrons. The van der Waals surface area contributed by atoms with Gasteiger partial charge in [0.05, 0.1) is 0 Å². The molecule has 0 atom stereocenters. The zero-order chi connectivity index (χ0) is 17.5. The minimum Gasteiger partial charge on any atom is -0.340 e. The van der Waals surface area contributed by atoms with Crippen LogP contribution in [0, 0.1) is 0 Å². The second-order valence-corrected chi connectivity index (χ2v) is 5.86. The smallest absolute Gasteiger partial charge is 0.242 e. The maximum atomic E-state index is 12.5. The van der Waals surface area contributed by atoms with Gasteiger partial charge in [0, 0.05) is 26.2 Å². The van der Waals surface area contributed by atoms with Crippen LogP contribution in [0.3, 0.4) is 0 Å². The Balaban J connectivity index is 2.06. The summed E-state index contributed by atoms with van der Waals surface area (Å²) in [7, 11) is 1.76. The van der Waals surface area contributed by atoms with Crippen LogP contribution >= 0.6 is 0 Å². The predicted octanol–water partition coefficient (Wildman–Crippen LogP) is 3.26. The van der Waals surface area contributed by atoms with Crippen LogP contribution in [0.5, 0.6) is 0 Å². The lowest BCUT2D eigenvalue weighted by Crippen LogP contribution is -2.40. The number of anilines is 1. The van der Waals surface area contributed by atoms with E-state index in [-0.39, 0.29) is 18.4 Å². The van der Waals surface area contributed by atoms with Gasteiger partial charge in [-0.15, -0.1) is 0 Å². The van der Waals surface area contributed by atoms with Gasteiger partial charge >= 0.3 is 0 Å². The largest absolute Gasteiger partial charge is 0.340 e. The van der Waals surface area contributed by atoms with Crippen molar-refractivity contribution in [2.45, 2.75) is 26.8 Å². The van der Waals surface area contributed by atoms with Crippen LogP contribution in [0.1, 0.15) is 25.0 Å². The lowest BCUT2D eigenvalue weighted by molar-refractivity contribution is -0.130. The highest BCUT2D eigenvalue weighted by Gasteiger charge is 2.18. The predicted molar refractivity (Wildman–Crippen MR) is 96.8 cm³/mol. The van der Waals surface area contributed by atoms with E-state index in [9.17, 15) is 9.59 Å². The summed E-state index contributed by atoms with van der Waals surface area (Å²) < 4.78 is 0. The van der Waals surface area contributed by atoms with Gasteiger partial charge in [-0.3, -0.25) is 9.59 Å². The van der Waals surface area contributed by atoms with Crippen LogP contribution in [0.2, 0.25) is 0 Å². The van der Waals surface area contributed by atoms with E-state index in [4.69, 9.17) is 0 Å². The Bertz CT molecular complexity index is 681. The molecule has 0 spiro atoms. The van der Waals surface area contributed by atoms with Crippen molar-refractivity contribution < 1.29 is 9.59 Å². The summed E-state index contributed by atoms with van der Waals surface area (Å²) in [6.07, 6.45) is 0.944. The highest BCUT2D eigenvalue weighted by molar-refractivity contribution is 5.97. The van der Waals surface area contributed by atoms with E-state index in [0.717, 1.165) is 17.7 Å². The van der Waals surface area contributed by atoms with Crippen LogP contribution in [-0.2, 0) is 22.6 Å². The molecule has 0 aliphatic carbocycles. The number of amides is 2. The van der Waals surface area contributed by atoms with Crippen LogP contribution in [-0.4, -0.2) is 30.3 Å². The maximum Gasteiger partial charge on any atom is 0.242 e. The molecular weight excluding hydrogens is 300 g/mol. The van der Waals surface area contributed by atoms with E-state index in [1.54, 1.807) is 11.9 Å². The number of likely N-dealkylation sites (N-methyl/N-ethyl adjacent to an activating group) is 1. The first kappa shape index (κ1) is 17.7. The molecule has 0 N–H and O–H groups in total. The zero-order valence-corrected chi connectivity index (χ0v) is 14.5. The number of carbonyl (C=O) groups is 2. The molecule has 2 aromatic rings. The number of rotatable bonds is 6. The fourth-order valence-electron chi connectivity index (χ4n) is 2.50. The first-order valence-electron chi connectivity index (χ1n) is 8.16. The molecule has 0 aliphatic heterocycles. The molecule has 0 saturated carbocycles. The van der Waals surface area contributed by atoms with E-state index < -0.39 is 0 Å². The molecule has 2 amide bonds. The van der Waals surface area contributed by atoms with Gasteiger partial charge in [-0.2, -0.15) is 0 Å². The molecular formula is C20H24N2O2. The number of nitrogens with zero attached hydrogens (tertiary/aromatic N) is 2. The van der Waals surface area contributed by atoms with Crippen molar-refractivity contribution in [2.75, 3.05) is 18.5 Å². The molecule has 0 heterocycles. The third-order valence-corrected chi connectivity index (χ3v) is 4.02. The van der Waals surface area contributed by atoms with Gasteiger partial charge in [-0.1, -0.05) is 49.4 Å². The monoisotopic (exact) mass is 324 g/mol. The SMILES string of the molecule is CCc1ccc(N(CC(=O)N(C)Cc2ccccc2)C(C)=O)cc1. The molecule has 0 bridgehead atoms. The van der Waals surface area contributed by atoms with Crippen LogP contribution in [0.25, 0.3) is 0 Å². The Kier molecular flexibility index (Phi) is 6.13. The summed E-state index contributed by atoms with van der Waals surface area (Å²) in [5.74, 6) is -0.227. The molecule has 0 unspecified atom stereocenters. The molecule has 0 aromatic heterocycles. The highest BCUT2D eigenvalue weighted by atomic mass is 16.2. The van der Waals surface area contributed by atoms with Crippen molar-refractivity contribution in [3.05, 3.63) is 65.7 Å². The minimum atomic E-state index is -0.138. The van der Waals surface area contributed by atoms with E-state index in [1.165, 1.54) is 17.4 Å². The maximum absolute atomic E-state index is 12.5. The van der Waals surface area contributed by atoms with Crippen molar-refractivity contribution in [1.82, 2.24) is 4.90 Å². The van der Waals surface area contributed by atoms with Gasteiger partial charge < -0.3 is 9.80 Å². The average Bonchev–Trinajstić information content (AvgIpc) is 2.60. The second-order valence-electron chi connectivity index (χ2n) is 5.86. The van der Waals surface area contributed by atoms with Crippen molar-refractivity contribution in [2.24, 2.45) is 0 Å². The summed E-state index contributed by atoms with van der Waals surface area (Å²) >= 11 is 0. The van der Waals surface area contributed by atoms with Crippen LogP contribution in [0.4, 0.5) is 5.69 Å². The quantitative estimate of drug-likeness (QED) is 0.818. The van der Waals surface area contributed by atoms with Gasteiger partial charge in [0.2, 0.25) is 11.8 Å². The van der Waals surface area contributed by atoms with E-state index in [0.29, 0.717) is 6.54 Å². The lowest BCUT2D eigenvalue weighted by Gasteiger charge is -2.24. The van der Waals surface area contributed by atoms with Crippen LogP contribution < -0.4 is 4.90 Å². The van der Waals surface area contributed by atoms with Crippen molar-refractivity contribution >= 4 is 17.5 Å². The van der Waals surface area contributed by atoms with Crippen molar-refractivity contribution in [3.8, 4) is 0 Å². The van der Waals surface area contributed by atoms with E-state index in [1.807, 2.05) is 54.6 Å². The molecule has 0 fully saturated rings. The Morgan fingerprint density at radius 1 is 0.917 bits per heavy atom. The minimum absolute atomic E-state index is 0.0458. The van der Waals surface area contributed by atoms with E-state index >= 15 is 0 Å². The molecule has 24 heavy (non-hydrogen) atoms. The molecule has 4 heteroatoms. The van der Waals surface area contributed by atoms with E-state index in [2.05, 4.69) is 6.92 Å². The fourth-order valence-corrected chi connectivity index (χ4v) is 2.50. The summed E-state index contributed by atoms with van der Waals surface area (Å²) in [5.41, 5.74) is 3.02. The molecule has 0 saturated heterocycles. The first-order valence-corrected chi connectivity index (χ1v) is 8.16. The topological polar surface area (TPSA) is 40.6 Å². The molecule has 2 rings (SSSR count). The summed E-state index contributed by atoms with van der Waals surface area (Å²) in [6, 6.07) is 17.6. The number of hydrogen-bond donors (Lipinski definition) is 0. The molecule has 4 nitrogen and oxygen atoms in total. The lowest BCUT2D eigenvalue weighted by atomic mass is 10.1. The van der Waals surface area contributed by atoms with Crippen molar-refractivity contribution in [1.29, 1.82) is 0 Å². The Morgan fingerprint density at radius 2 is 1.54 bits per heavy atom. The number of aryl methyl sites for hydroxylation is 1. The van der Waals surface area contributed by atoms with Gasteiger partial charge in [0.25, 0.3) is 0 Å². The Hall–Kier alpha value is -2.62. The molecule has 126 valence electrons. The number of hydrogen-bond acceptors (Lipinski definition) is 2. The average molecular weight is 324 g/mol. The molecule has 2 aromatic carbocycles. The number of benzene rings is 2. The summed E-state index contributed by atoms with van der Waals surface area (Å²) in [6.45, 7) is 4.14. The summed E-state index contributed by atoms with van der Waals surface area (Å²) in [4.78, 5) is 27.6. The van der Waals surface area contributed by atoms with Gasteiger partial charge in [-0.05, 0) is 29.7 Å². The second kappa shape index (κ2) is 8.29. The van der Waals surface area contributed by atoms with Gasteiger partial charge in [0.15, 0.2) is 0 Å². The van der Waals surface area contributed by atoms with Gasteiger partial charge in [-0.25, -0.2) is 0 Å². The Labute approximate surface area is 143 Å². The standard InChI is InChI=1S/C20H24N2O2/c1-4-17-10-12-19(13-11-17)22(16(2)23)15-20(24)21(3)14-18-8-6-5-7-9-18/h5-13H,4,14-15H2,1-3H3. The van der Waals surface area contributed by atoms with Gasteiger partial charge in [0.1, 0.15) is 6.54 Å². The third kappa shape index (κ3) is 4.69. The number of carbonyl (C=O) groups excluding carboxylic acids is 2. The highest BCUT2D eigenvalue weighted by Crippen LogP contribution is 2.16. The Morgan fingerprint density at radius 3 is 2.08 bits per heavy atom.